The Bertz CT molecular complexity index is 3070. The van der Waals surface area contributed by atoms with Crippen LogP contribution in [0.4, 0.5) is 22.7 Å². The van der Waals surface area contributed by atoms with E-state index >= 15 is 0 Å². The number of nitrogens with zero attached hydrogens (tertiary/aromatic N) is 4. The Morgan fingerprint density at radius 1 is 0.532 bits per heavy atom. The van der Waals surface area contributed by atoms with Crippen LogP contribution in [0.5, 0.6) is 11.5 Å². The smallest absolute Gasteiger partial charge is 0.135 e. The number of ether oxygens (including phenoxy) is 1. The number of fused-ring (bicyclic) bond motifs is 4. The Hall–Kier alpha value is -6.42. The van der Waals surface area contributed by atoms with Gasteiger partial charge in [-0.15, -0.1) is 48.1 Å². The van der Waals surface area contributed by atoms with E-state index in [-0.39, 0.29) is 31.9 Å². The van der Waals surface area contributed by atoms with E-state index in [4.69, 9.17) is 9.72 Å². The van der Waals surface area contributed by atoms with Gasteiger partial charge in [-0.3, -0.25) is 0 Å². The number of pyridine rings is 1. The average Bonchev–Trinajstić information content (AvgIpc) is 3.82. The molecule has 0 N–H and O–H groups in total. The molecule has 1 aliphatic heterocycles. The van der Waals surface area contributed by atoms with Gasteiger partial charge in [0.25, 0.3) is 0 Å². The van der Waals surface area contributed by atoms with Gasteiger partial charge in [0.2, 0.25) is 0 Å². The summed E-state index contributed by atoms with van der Waals surface area (Å²) in [6.07, 6.45) is 1.91. The van der Waals surface area contributed by atoms with Crippen molar-refractivity contribution in [1.82, 2.24) is 9.55 Å². The number of hydrogen-bond acceptors (Lipinski definition) is 4. The zero-order valence-corrected chi connectivity index (χ0v) is 38.0. The van der Waals surface area contributed by atoms with Gasteiger partial charge in [-0.05, 0) is 80.4 Å². The molecule has 3 heterocycles. The van der Waals surface area contributed by atoms with Gasteiger partial charge in [0.15, 0.2) is 0 Å². The zero-order chi connectivity index (χ0) is 41.9. The fraction of sp³-hybridized carbons (Fsp3) is 0.143. The molecule has 0 aliphatic carbocycles. The number of rotatable bonds is 7. The molecule has 7 aromatic carbocycles. The van der Waals surface area contributed by atoms with Crippen LogP contribution in [-0.2, 0) is 31.9 Å². The standard InChI is InChI=1S/C56H47N4O.Pt/c1-55(2,3)40-27-29-45(38-17-9-7-10-18-38)51(33-40)59-37-58(48-24-13-14-25-49(48)59)42-21-15-22-43(35-42)61-44-28-30-47-52(36-44)60(53-34-41(31-32-57-53)56(4,5)6)50-26-16-23-46(54(47)50)39-19-11-8-12-20-39;/h7-34,37H,1-6H3;/q-3;. The summed E-state index contributed by atoms with van der Waals surface area (Å²) in [7, 11) is 0. The van der Waals surface area contributed by atoms with Crippen molar-refractivity contribution >= 4 is 44.6 Å². The molecule has 6 heteroatoms. The van der Waals surface area contributed by atoms with Crippen molar-refractivity contribution < 1.29 is 25.8 Å². The van der Waals surface area contributed by atoms with E-state index < -0.39 is 0 Å². The number of anilines is 4. The first kappa shape index (κ1) is 41.0. The van der Waals surface area contributed by atoms with Crippen molar-refractivity contribution in [3.05, 3.63) is 200 Å². The molecule has 0 atom stereocenters. The first-order valence-corrected chi connectivity index (χ1v) is 21.0. The van der Waals surface area contributed by atoms with Crippen molar-refractivity contribution in [2.45, 2.75) is 52.4 Å². The third-order valence-corrected chi connectivity index (χ3v) is 11.7. The first-order valence-electron chi connectivity index (χ1n) is 21.0. The molecule has 310 valence electrons. The van der Waals surface area contributed by atoms with Gasteiger partial charge < -0.3 is 19.1 Å². The molecular formula is C56H47N4OPt-3. The minimum absolute atomic E-state index is 0. The van der Waals surface area contributed by atoms with E-state index in [2.05, 4.69) is 220 Å². The number of hydrogen-bond donors (Lipinski definition) is 0. The summed E-state index contributed by atoms with van der Waals surface area (Å²) < 4.78 is 8.92. The number of para-hydroxylation sites is 2. The zero-order valence-electron chi connectivity index (χ0n) is 35.8. The maximum atomic E-state index is 6.70. The monoisotopic (exact) mass is 986 g/mol. The first-order chi connectivity index (χ1) is 29.5. The molecule has 62 heavy (non-hydrogen) atoms. The topological polar surface area (TPSA) is 33.5 Å². The van der Waals surface area contributed by atoms with Gasteiger partial charge in [-0.2, -0.15) is 12.1 Å². The quantitative estimate of drug-likeness (QED) is 0.149. The summed E-state index contributed by atoms with van der Waals surface area (Å²) in [4.78, 5) is 9.44. The van der Waals surface area contributed by atoms with Gasteiger partial charge in [0, 0.05) is 66.9 Å². The molecule has 10 rings (SSSR count). The van der Waals surface area contributed by atoms with Crippen molar-refractivity contribution in [2.75, 3.05) is 9.80 Å². The molecule has 0 bridgehead atoms. The molecule has 0 fully saturated rings. The van der Waals surface area contributed by atoms with Gasteiger partial charge in [0.05, 0.1) is 0 Å². The predicted octanol–water partition coefficient (Wildman–Crippen LogP) is 14.9. The summed E-state index contributed by atoms with van der Waals surface area (Å²) in [5.41, 5.74) is 13.2. The molecule has 0 radical (unpaired) electrons. The Morgan fingerprint density at radius 3 is 1.87 bits per heavy atom. The Morgan fingerprint density at radius 2 is 1.16 bits per heavy atom. The van der Waals surface area contributed by atoms with Crippen molar-refractivity contribution in [3.8, 4) is 39.6 Å². The molecule has 0 saturated heterocycles. The normalized spacial score (nSPS) is 12.7. The van der Waals surface area contributed by atoms with Crippen LogP contribution in [0.1, 0.15) is 52.7 Å². The van der Waals surface area contributed by atoms with Gasteiger partial charge in [0.1, 0.15) is 5.82 Å². The Balaban J connectivity index is 0.00000490. The van der Waals surface area contributed by atoms with Crippen LogP contribution in [0.2, 0.25) is 0 Å². The summed E-state index contributed by atoms with van der Waals surface area (Å²) >= 11 is 0. The van der Waals surface area contributed by atoms with Crippen LogP contribution in [-0.4, -0.2) is 9.55 Å². The second kappa shape index (κ2) is 16.1. The SMILES string of the molecule is CC(C)(C)c1ccnc(-n2c3[c-]c(Oc4[c-]c(N5[CH-]N(c6cc(C(C)(C)C)ccc6-c6ccccc6)c6ccccc65)ccc4)ccc3c3c(-c4ccccc4)cccc32)c1.[Pt]. The van der Waals surface area contributed by atoms with E-state index in [1.165, 1.54) is 22.3 Å². The maximum Gasteiger partial charge on any atom is 0.135 e. The Labute approximate surface area is 379 Å². The summed E-state index contributed by atoms with van der Waals surface area (Å²) in [6.45, 7) is 15.7. The molecule has 0 unspecified atom stereocenters. The van der Waals surface area contributed by atoms with E-state index in [1.54, 1.807) is 0 Å². The van der Waals surface area contributed by atoms with Crippen LogP contribution in [0.15, 0.2) is 170 Å². The minimum atomic E-state index is -0.0462. The molecule has 0 amide bonds. The van der Waals surface area contributed by atoms with E-state index in [0.29, 0.717) is 11.5 Å². The van der Waals surface area contributed by atoms with Crippen molar-refractivity contribution in [1.29, 1.82) is 0 Å². The van der Waals surface area contributed by atoms with Gasteiger partial charge >= 0.3 is 0 Å². The van der Waals surface area contributed by atoms with Crippen molar-refractivity contribution in [3.63, 3.8) is 0 Å². The molecule has 0 saturated carbocycles. The molecule has 1 aliphatic rings. The molecule has 2 aromatic heterocycles. The van der Waals surface area contributed by atoms with Gasteiger partial charge in [-0.1, -0.05) is 144 Å². The van der Waals surface area contributed by atoms with Crippen molar-refractivity contribution in [2.24, 2.45) is 0 Å². The third-order valence-electron chi connectivity index (χ3n) is 11.7. The summed E-state index contributed by atoms with van der Waals surface area (Å²) in [5.74, 6) is 2.03. The second-order valence-electron chi connectivity index (χ2n) is 17.8. The fourth-order valence-electron chi connectivity index (χ4n) is 8.44. The molecule has 0 spiro atoms. The minimum Gasteiger partial charge on any atom is -0.509 e. The van der Waals surface area contributed by atoms with Crippen LogP contribution < -0.4 is 14.5 Å². The maximum absolute atomic E-state index is 6.70. The largest absolute Gasteiger partial charge is 0.509 e. The average molecular weight is 987 g/mol. The second-order valence-corrected chi connectivity index (χ2v) is 17.8. The van der Waals surface area contributed by atoms with Crippen LogP contribution in [0, 0.1) is 18.8 Å². The van der Waals surface area contributed by atoms with Crippen LogP contribution in [0.3, 0.4) is 0 Å². The fourth-order valence-corrected chi connectivity index (χ4v) is 8.44. The summed E-state index contributed by atoms with van der Waals surface area (Å²) in [6, 6.07) is 64.9. The van der Waals surface area contributed by atoms with E-state index in [0.717, 1.165) is 61.5 Å². The molecule has 9 aromatic rings. The van der Waals surface area contributed by atoms with Crippen LogP contribution >= 0.6 is 0 Å². The predicted molar refractivity (Wildman–Crippen MR) is 252 cm³/mol. The Kier molecular flexibility index (Phi) is 10.7. The third kappa shape index (κ3) is 7.49. The van der Waals surface area contributed by atoms with E-state index in [1.807, 2.05) is 24.4 Å². The van der Waals surface area contributed by atoms with Gasteiger partial charge in [-0.25, -0.2) is 4.98 Å². The number of benzene rings is 7. The molecular weight excluding hydrogens is 940 g/mol. The van der Waals surface area contributed by atoms with Crippen LogP contribution in [0.25, 0.3) is 49.9 Å². The summed E-state index contributed by atoms with van der Waals surface area (Å²) in [5, 5.41) is 2.23. The van der Waals surface area contributed by atoms with E-state index in [9.17, 15) is 0 Å². The molecule has 5 nitrogen and oxygen atoms in total. The number of aromatic nitrogens is 2.